The third-order valence-electron chi connectivity index (χ3n) is 3.61. The summed E-state index contributed by atoms with van der Waals surface area (Å²) in [5, 5.41) is 5.54. The number of rotatable bonds is 5. The number of hydrogen-bond acceptors (Lipinski definition) is 2. The number of hydrogen-bond donors (Lipinski definition) is 2. The van der Waals surface area contributed by atoms with Crippen LogP contribution >= 0.6 is 12.2 Å². The third-order valence-corrected chi connectivity index (χ3v) is 3.84. The summed E-state index contributed by atoms with van der Waals surface area (Å²) in [6, 6.07) is 26.2. The molecule has 3 rings (SSSR count). The summed E-state index contributed by atoms with van der Waals surface area (Å²) in [5.41, 5.74) is 6.11. The minimum atomic E-state index is -0.246. The molecule has 0 saturated carbocycles. The second-order valence-corrected chi connectivity index (χ2v) is 5.84. The molecule has 0 aliphatic carbocycles. The highest BCUT2D eigenvalue weighted by molar-refractivity contribution is 7.80. The van der Waals surface area contributed by atoms with Crippen LogP contribution in [0, 0.1) is 5.82 Å². The van der Waals surface area contributed by atoms with E-state index in [1.54, 1.807) is 12.1 Å². The highest BCUT2D eigenvalue weighted by atomic mass is 32.1. The van der Waals surface area contributed by atoms with E-state index < -0.39 is 0 Å². The lowest BCUT2D eigenvalue weighted by atomic mass is 10.2. The van der Waals surface area contributed by atoms with E-state index in [4.69, 9.17) is 12.2 Å². The fraction of sp³-hybridized carbons (Fsp3) is 0.0500. The molecule has 0 atom stereocenters. The van der Waals surface area contributed by atoms with Gasteiger partial charge in [0.25, 0.3) is 0 Å². The van der Waals surface area contributed by atoms with Crippen molar-refractivity contribution >= 4 is 28.7 Å². The molecule has 0 aromatic heterocycles. The first-order valence-electron chi connectivity index (χ1n) is 7.91. The van der Waals surface area contributed by atoms with Crippen LogP contribution in [0.1, 0.15) is 5.56 Å². The van der Waals surface area contributed by atoms with Crippen molar-refractivity contribution in [2.75, 3.05) is 5.01 Å². The Hall–Kier alpha value is -2.92. The van der Waals surface area contributed by atoms with Gasteiger partial charge in [-0.1, -0.05) is 48.5 Å². The number of hydrazine groups is 1. The number of halogens is 1. The van der Waals surface area contributed by atoms with E-state index >= 15 is 0 Å². The maximum atomic E-state index is 13.0. The van der Waals surface area contributed by atoms with Gasteiger partial charge in [-0.05, 0) is 54.2 Å². The van der Waals surface area contributed by atoms with Crippen molar-refractivity contribution in [3.8, 4) is 0 Å². The Bertz CT molecular complexity index is 768. The summed E-state index contributed by atoms with van der Waals surface area (Å²) in [6.45, 7) is 0.517. The zero-order valence-electron chi connectivity index (χ0n) is 13.5. The summed E-state index contributed by atoms with van der Waals surface area (Å²) in [7, 11) is 0. The highest BCUT2D eigenvalue weighted by Gasteiger charge is 2.10. The van der Waals surface area contributed by atoms with Crippen LogP contribution in [-0.2, 0) is 6.54 Å². The Morgan fingerprint density at radius 2 is 1.32 bits per heavy atom. The van der Waals surface area contributed by atoms with E-state index in [-0.39, 0.29) is 5.82 Å². The van der Waals surface area contributed by atoms with Gasteiger partial charge in [0.15, 0.2) is 5.11 Å². The van der Waals surface area contributed by atoms with Gasteiger partial charge in [0.1, 0.15) is 5.82 Å². The lowest BCUT2D eigenvalue weighted by Crippen LogP contribution is -2.44. The number of nitrogens with zero attached hydrogens (tertiary/aromatic N) is 1. The monoisotopic (exact) mass is 351 g/mol. The van der Waals surface area contributed by atoms with Crippen molar-refractivity contribution in [3.63, 3.8) is 0 Å². The van der Waals surface area contributed by atoms with Crippen molar-refractivity contribution in [2.24, 2.45) is 0 Å². The summed E-state index contributed by atoms with van der Waals surface area (Å²) < 4.78 is 13.0. The van der Waals surface area contributed by atoms with Crippen molar-refractivity contribution in [2.45, 2.75) is 6.54 Å². The predicted octanol–water partition coefficient (Wildman–Crippen LogP) is 4.54. The number of anilines is 2. The first-order valence-corrected chi connectivity index (χ1v) is 8.32. The third kappa shape index (κ3) is 4.78. The molecule has 25 heavy (non-hydrogen) atoms. The van der Waals surface area contributed by atoms with E-state index in [9.17, 15) is 4.39 Å². The van der Waals surface area contributed by atoms with Gasteiger partial charge >= 0.3 is 0 Å². The van der Waals surface area contributed by atoms with Crippen LogP contribution < -0.4 is 15.8 Å². The summed E-state index contributed by atoms with van der Waals surface area (Å²) in [6.07, 6.45) is 0. The zero-order chi connectivity index (χ0) is 17.5. The second kappa shape index (κ2) is 8.26. The lowest BCUT2D eigenvalue weighted by Gasteiger charge is -2.27. The van der Waals surface area contributed by atoms with E-state index in [2.05, 4.69) is 10.7 Å². The molecule has 0 unspecified atom stereocenters. The minimum absolute atomic E-state index is 0.246. The molecule has 0 bridgehead atoms. The quantitative estimate of drug-likeness (QED) is 0.521. The molecule has 2 N–H and O–H groups in total. The molecular weight excluding hydrogens is 333 g/mol. The first-order chi connectivity index (χ1) is 12.2. The Balaban J connectivity index is 1.69. The topological polar surface area (TPSA) is 27.3 Å². The first kappa shape index (κ1) is 16.9. The Labute approximate surface area is 152 Å². The number of nitrogens with one attached hydrogen (secondary N) is 2. The fourth-order valence-corrected chi connectivity index (χ4v) is 2.52. The normalized spacial score (nSPS) is 10.1. The van der Waals surface area contributed by atoms with Gasteiger partial charge in [0.05, 0.1) is 11.4 Å². The van der Waals surface area contributed by atoms with Gasteiger partial charge in [0, 0.05) is 6.54 Å². The molecule has 3 aromatic carbocycles. The predicted molar refractivity (Wildman–Crippen MR) is 104 cm³/mol. The molecule has 0 saturated heterocycles. The number of thiocarbonyl (C=S) groups is 1. The van der Waals surface area contributed by atoms with Crippen molar-refractivity contribution in [1.82, 2.24) is 10.7 Å². The molecule has 3 nitrogen and oxygen atoms in total. The lowest BCUT2D eigenvalue weighted by molar-refractivity contribution is 0.626. The summed E-state index contributed by atoms with van der Waals surface area (Å²) in [5.74, 6) is -0.246. The molecular formula is C20H18FN3S. The SMILES string of the molecule is Fc1ccc(CNC(=S)NN(c2ccccc2)c2ccccc2)cc1. The van der Waals surface area contributed by atoms with E-state index in [1.165, 1.54) is 12.1 Å². The van der Waals surface area contributed by atoms with Gasteiger partial charge in [-0.25, -0.2) is 4.39 Å². The maximum absolute atomic E-state index is 13.0. The van der Waals surface area contributed by atoms with Crippen LogP contribution in [0.15, 0.2) is 84.9 Å². The molecule has 0 spiro atoms. The summed E-state index contributed by atoms with van der Waals surface area (Å²) >= 11 is 5.42. The molecule has 0 radical (unpaired) electrons. The molecule has 0 aliphatic rings. The Kier molecular flexibility index (Phi) is 5.59. The van der Waals surface area contributed by atoms with Crippen LogP contribution in [0.5, 0.6) is 0 Å². The number of para-hydroxylation sites is 2. The molecule has 0 fully saturated rings. The van der Waals surface area contributed by atoms with E-state index in [0.717, 1.165) is 16.9 Å². The van der Waals surface area contributed by atoms with Gasteiger partial charge in [-0.2, -0.15) is 0 Å². The fourth-order valence-electron chi connectivity index (χ4n) is 2.36. The molecule has 3 aromatic rings. The highest BCUT2D eigenvalue weighted by Crippen LogP contribution is 2.22. The van der Waals surface area contributed by atoms with E-state index in [1.807, 2.05) is 65.7 Å². The second-order valence-electron chi connectivity index (χ2n) is 5.43. The molecule has 0 heterocycles. The van der Waals surface area contributed by atoms with Crippen LogP contribution in [0.4, 0.5) is 15.8 Å². The molecule has 5 heteroatoms. The average molecular weight is 351 g/mol. The minimum Gasteiger partial charge on any atom is -0.357 e. The van der Waals surface area contributed by atoms with Crippen LogP contribution in [-0.4, -0.2) is 5.11 Å². The van der Waals surface area contributed by atoms with Crippen molar-refractivity contribution in [3.05, 3.63) is 96.3 Å². The number of benzene rings is 3. The standard InChI is InChI=1S/C20H18FN3S/c21-17-13-11-16(12-14-17)15-22-20(25)23-24(18-7-3-1-4-8-18)19-9-5-2-6-10-19/h1-14H,15H2,(H2,22,23,25). The summed E-state index contributed by atoms with van der Waals surface area (Å²) in [4.78, 5) is 0. The Morgan fingerprint density at radius 1 is 0.800 bits per heavy atom. The average Bonchev–Trinajstić information content (AvgIpc) is 2.67. The Morgan fingerprint density at radius 3 is 1.84 bits per heavy atom. The van der Waals surface area contributed by atoms with E-state index in [0.29, 0.717) is 11.7 Å². The smallest absolute Gasteiger partial charge is 0.185 e. The molecule has 126 valence electrons. The van der Waals surface area contributed by atoms with Gasteiger partial charge < -0.3 is 5.32 Å². The van der Waals surface area contributed by atoms with Gasteiger partial charge in [-0.3, -0.25) is 10.4 Å². The van der Waals surface area contributed by atoms with Crippen LogP contribution in [0.2, 0.25) is 0 Å². The van der Waals surface area contributed by atoms with Gasteiger partial charge in [-0.15, -0.1) is 0 Å². The van der Waals surface area contributed by atoms with Crippen molar-refractivity contribution < 1.29 is 4.39 Å². The van der Waals surface area contributed by atoms with Crippen molar-refractivity contribution in [1.29, 1.82) is 0 Å². The molecule has 0 amide bonds. The maximum Gasteiger partial charge on any atom is 0.185 e. The van der Waals surface area contributed by atoms with Crippen LogP contribution in [0.25, 0.3) is 0 Å². The van der Waals surface area contributed by atoms with Gasteiger partial charge in [0.2, 0.25) is 0 Å². The van der Waals surface area contributed by atoms with Crippen LogP contribution in [0.3, 0.4) is 0 Å². The molecule has 0 aliphatic heterocycles. The largest absolute Gasteiger partial charge is 0.357 e. The zero-order valence-corrected chi connectivity index (χ0v) is 14.3.